The molecule has 0 unspecified atom stereocenters. The summed E-state index contributed by atoms with van der Waals surface area (Å²) in [7, 11) is 0. The second-order valence-corrected chi connectivity index (χ2v) is 5.30. The van der Waals surface area contributed by atoms with E-state index in [0.29, 0.717) is 17.1 Å². The Morgan fingerprint density at radius 2 is 1.92 bits per heavy atom. The largest absolute Gasteiger partial charge is 0.307 e. The molecule has 0 bridgehead atoms. The van der Waals surface area contributed by atoms with Gasteiger partial charge in [0.1, 0.15) is 5.82 Å². The topological polar surface area (TPSA) is 70.7 Å². The Balaban J connectivity index is 1.72. The fraction of sp³-hybridized carbons (Fsp3) is 0.0556. The fourth-order valence-corrected chi connectivity index (χ4v) is 2.26. The highest BCUT2D eigenvalue weighted by Gasteiger charge is 2.12. The first kappa shape index (κ1) is 16.5. The summed E-state index contributed by atoms with van der Waals surface area (Å²) < 4.78 is 26.0. The average molecular weight is 340 g/mol. The number of benzene rings is 1. The number of nitrogens with one attached hydrogen (secondary N) is 2. The summed E-state index contributed by atoms with van der Waals surface area (Å²) in [6, 6.07) is 7.04. The first-order valence-electron chi connectivity index (χ1n) is 7.44. The van der Waals surface area contributed by atoms with Crippen molar-refractivity contribution in [3.63, 3.8) is 0 Å². The molecular weight excluding hydrogens is 326 g/mol. The number of amides is 1. The Morgan fingerprint density at radius 3 is 2.64 bits per heavy atom. The first-order valence-corrected chi connectivity index (χ1v) is 7.44. The number of pyridine rings is 1. The molecule has 3 rings (SSSR count). The third-order valence-electron chi connectivity index (χ3n) is 3.58. The number of hydrogen-bond donors (Lipinski definition) is 2. The van der Waals surface area contributed by atoms with Crippen molar-refractivity contribution in [2.45, 2.75) is 6.92 Å². The number of nitrogens with zero attached hydrogens (tertiary/aromatic N) is 2. The number of rotatable bonds is 4. The van der Waals surface area contributed by atoms with Crippen molar-refractivity contribution in [2.75, 3.05) is 5.32 Å². The Bertz CT molecular complexity index is 936. The number of aromatic amines is 1. The zero-order valence-corrected chi connectivity index (χ0v) is 13.3. The molecule has 2 N–H and O–H groups in total. The van der Waals surface area contributed by atoms with Gasteiger partial charge in [-0.25, -0.2) is 8.78 Å². The van der Waals surface area contributed by atoms with Crippen molar-refractivity contribution in [1.29, 1.82) is 0 Å². The minimum Gasteiger partial charge on any atom is -0.307 e. The molecule has 5 nitrogen and oxygen atoms in total. The summed E-state index contributed by atoms with van der Waals surface area (Å²) in [5.41, 5.74) is 2.75. The quantitative estimate of drug-likeness (QED) is 0.711. The Morgan fingerprint density at radius 1 is 1.16 bits per heavy atom. The summed E-state index contributed by atoms with van der Waals surface area (Å²) in [5, 5.41) is 9.64. The van der Waals surface area contributed by atoms with E-state index in [1.165, 1.54) is 18.2 Å². The van der Waals surface area contributed by atoms with E-state index in [1.54, 1.807) is 12.4 Å². The van der Waals surface area contributed by atoms with E-state index in [4.69, 9.17) is 0 Å². The van der Waals surface area contributed by atoms with Crippen LogP contribution in [0.25, 0.3) is 17.3 Å². The molecule has 0 saturated carbocycles. The number of anilines is 1. The van der Waals surface area contributed by atoms with Crippen LogP contribution >= 0.6 is 0 Å². The van der Waals surface area contributed by atoms with E-state index in [1.807, 2.05) is 19.1 Å². The predicted octanol–water partition coefficient (Wildman–Crippen LogP) is 3.71. The zero-order chi connectivity index (χ0) is 17.8. The van der Waals surface area contributed by atoms with Crippen LogP contribution in [0.15, 0.2) is 48.8 Å². The highest BCUT2D eigenvalue weighted by molar-refractivity contribution is 6.02. The lowest BCUT2D eigenvalue weighted by Gasteiger charge is -2.01. The van der Waals surface area contributed by atoms with Crippen LogP contribution in [-0.4, -0.2) is 21.1 Å². The van der Waals surface area contributed by atoms with Gasteiger partial charge >= 0.3 is 0 Å². The van der Waals surface area contributed by atoms with E-state index in [2.05, 4.69) is 20.5 Å². The molecule has 0 spiro atoms. The van der Waals surface area contributed by atoms with Gasteiger partial charge < -0.3 is 5.32 Å². The molecular formula is C18H14F2N4O. The molecule has 1 aromatic carbocycles. The summed E-state index contributed by atoms with van der Waals surface area (Å²) >= 11 is 0. The van der Waals surface area contributed by atoms with Crippen molar-refractivity contribution >= 4 is 17.8 Å². The summed E-state index contributed by atoms with van der Waals surface area (Å²) in [6.45, 7) is 1.83. The molecule has 7 heteroatoms. The van der Waals surface area contributed by atoms with E-state index in [0.717, 1.165) is 23.3 Å². The number of aromatic nitrogens is 3. The minimum absolute atomic E-state index is 0.382. The zero-order valence-electron chi connectivity index (χ0n) is 13.3. The fourth-order valence-electron chi connectivity index (χ4n) is 2.26. The number of H-pyrrole nitrogens is 1. The van der Waals surface area contributed by atoms with E-state index >= 15 is 0 Å². The molecule has 2 aromatic heterocycles. The second-order valence-electron chi connectivity index (χ2n) is 5.30. The van der Waals surface area contributed by atoms with Crippen molar-refractivity contribution in [2.24, 2.45) is 0 Å². The minimum atomic E-state index is -0.964. The van der Waals surface area contributed by atoms with Crippen LogP contribution in [0, 0.1) is 18.6 Å². The monoisotopic (exact) mass is 340 g/mol. The Kier molecular flexibility index (Phi) is 4.65. The van der Waals surface area contributed by atoms with Crippen LogP contribution in [0.5, 0.6) is 0 Å². The summed E-state index contributed by atoms with van der Waals surface area (Å²) in [4.78, 5) is 16.0. The number of carbonyl (C=O) groups is 1. The lowest BCUT2D eigenvalue weighted by Crippen LogP contribution is -2.09. The molecule has 0 aliphatic heterocycles. The molecule has 126 valence electrons. The number of carbonyl (C=O) groups excluding carboxylic acids is 1. The van der Waals surface area contributed by atoms with Crippen LogP contribution in [-0.2, 0) is 4.79 Å². The Labute approximate surface area is 142 Å². The van der Waals surface area contributed by atoms with Gasteiger partial charge in [0.05, 0.1) is 5.69 Å². The molecule has 0 fully saturated rings. The second kappa shape index (κ2) is 7.04. The highest BCUT2D eigenvalue weighted by Crippen LogP contribution is 2.25. The van der Waals surface area contributed by atoms with Gasteiger partial charge in [0.2, 0.25) is 5.91 Å². The van der Waals surface area contributed by atoms with Crippen molar-refractivity contribution in [3.8, 4) is 11.3 Å². The van der Waals surface area contributed by atoms with Gasteiger partial charge in [-0.1, -0.05) is 6.07 Å². The van der Waals surface area contributed by atoms with Gasteiger partial charge in [-0.15, -0.1) is 0 Å². The lowest BCUT2D eigenvalue weighted by atomic mass is 10.1. The van der Waals surface area contributed by atoms with Crippen molar-refractivity contribution in [1.82, 2.24) is 15.2 Å². The third kappa shape index (κ3) is 3.77. The van der Waals surface area contributed by atoms with Gasteiger partial charge in [0.25, 0.3) is 0 Å². The van der Waals surface area contributed by atoms with Gasteiger partial charge in [-0.05, 0) is 42.8 Å². The van der Waals surface area contributed by atoms with Crippen molar-refractivity contribution in [3.05, 3.63) is 71.6 Å². The van der Waals surface area contributed by atoms with Gasteiger partial charge in [-0.2, -0.15) is 5.10 Å². The smallest absolute Gasteiger partial charge is 0.249 e. The summed E-state index contributed by atoms with van der Waals surface area (Å²) in [5.74, 6) is -1.85. The molecule has 0 atom stereocenters. The highest BCUT2D eigenvalue weighted by atomic mass is 19.2. The van der Waals surface area contributed by atoms with Crippen LogP contribution in [0.1, 0.15) is 11.1 Å². The molecule has 25 heavy (non-hydrogen) atoms. The van der Waals surface area contributed by atoms with Crippen molar-refractivity contribution < 1.29 is 13.6 Å². The summed E-state index contributed by atoms with van der Waals surface area (Å²) in [6.07, 6.45) is 5.95. The lowest BCUT2D eigenvalue weighted by molar-refractivity contribution is -0.111. The molecule has 0 saturated heterocycles. The number of hydrogen-bond acceptors (Lipinski definition) is 3. The van der Waals surface area contributed by atoms with Gasteiger partial charge in [-0.3, -0.25) is 14.9 Å². The molecule has 2 heterocycles. The standard InChI is InChI=1S/C18H14F2N4O/c1-11-17(13-6-8-21-9-7-13)23-24-18(11)22-16(25)5-3-12-2-4-14(19)15(20)10-12/h2-10H,1H3,(H2,22,23,24,25). The third-order valence-corrected chi connectivity index (χ3v) is 3.58. The predicted molar refractivity (Wildman–Crippen MR) is 90.6 cm³/mol. The molecule has 0 radical (unpaired) electrons. The maximum absolute atomic E-state index is 13.1. The normalized spacial score (nSPS) is 11.0. The van der Waals surface area contributed by atoms with Crippen LogP contribution in [0.2, 0.25) is 0 Å². The van der Waals surface area contributed by atoms with E-state index in [9.17, 15) is 13.6 Å². The SMILES string of the molecule is Cc1c(-c2ccncc2)n[nH]c1NC(=O)C=Cc1ccc(F)c(F)c1. The van der Waals surface area contributed by atoms with Crippen LogP contribution < -0.4 is 5.32 Å². The van der Waals surface area contributed by atoms with E-state index < -0.39 is 17.5 Å². The molecule has 3 aromatic rings. The van der Waals surface area contributed by atoms with Gasteiger partial charge in [0, 0.05) is 29.6 Å². The van der Waals surface area contributed by atoms with Gasteiger partial charge in [0.15, 0.2) is 11.6 Å². The Hall–Kier alpha value is -3.35. The van der Waals surface area contributed by atoms with Crippen LogP contribution in [0.4, 0.5) is 14.6 Å². The molecule has 0 aliphatic rings. The first-order chi connectivity index (χ1) is 12.0. The number of halogens is 2. The average Bonchev–Trinajstić information content (AvgIpc) is 2.97. The molecule has 1 amide bonds. The van der Waals surface area contributed by atoms with E-state index in [-0.39, 0.29) is 0 Å². The molecule has 0 aliphatic carbocycles. The van der Waals surface area contributed by atoms with Crippen LogP contribution in [0.3, 0.4) is 0 Å². The maximum Gasteiger partial charge on any atom is 0.249 e. The maximum atomic E-state index is 13.1.